The first-order valence-electron chi connectivity index (χ1n) is 7.07. The van der Waals surface area contributed by atoms with Gasteiger partial charge in [-0.25, -0.2) is 9.37 Å². The van der Waals surface area contributed by atoms with Crippen LogP contribution in [-0.2, 0) is 6.54 Å². The molecule has 0 atom stereocenters. The van der Waals surface area contributed by atoms with E-state index >= 15 is 0 Å². The van der Waals surface area contributed by atoms with Crippen LogP contribution in [0.2, 0.25) is 0 Å². The van der Waals surface area contributed by atoms with Crippen LogP contribution in [0.5, 0.6) is 0 Å². The molecular formula is C15H20FN3. The average Bonchev–Trinajstić information content (AvgIpc) is 2.96. The highest BCUT2D eigenvalue weighted by Crippen LogP contribution is 2.29. The van der Waals surface area contributed by atoms with Crippen molar-refractivity contribution in [3.8, 4) is 0 Å². The molecular weight excluding hydrogens is 241 g/mol. The maximum Gasteiger partial charge on any atom is 0.201 e. The summed E-state index contributed by atoms with van der Waals surface area (Å²) >= 11 is 0. The minimum Gasteiger partial charge on any atom is -0.369 e. The summed E-state index contributed by atoms with van der Waals surface area (Å²) in [4.78, 5) is 4.26. The summed E-state index contributed by atoms with van der Waals surface area (Å²) < 4.78 is 15.6. The van der Waals surface area contributed by atoms with E-state index in [9.17, 15) is 4.39 Å². The molecule has 2 aromatic rings. The Morgan fingerprint density at radius 1 is 1.37 bits per heavy atom. The van der Waals surface area contributed by atoms with Gasteiger partial charge in [0, 0.05) is 12.6 Å². The molecule has 2 N–H and O–H groups in total. The third kappa shape index (κ3) is 2.31. The zero-order valence-corrected chi connectivity index (χ0v) is 11.3. The van der Waals surface area contributed by atoms with Gasteiger partial charge in [-0.2, -0.15) is 0 Å². The van der Waals surface area contributed by atoms with E-state index in [1.165, 1.54) is 31.7 Å². The van der Waals surface area contributed by atoms with E-state index in [2.05, 4.69) is 4.98 Å². The molecule has 0 aliphatic heterocycles. The molecule has 0 spiro atoms. The Morgan fingerprint density at radius 2 is 2.11 bits per heavy atom. The van der Waals surface area contributed by atoms with Crippen molar-refractivity contribution < 1.29 is 4.39 Å². The van der Waals surface area contributed by atoms with Gasteiger partial charge in [0.1, 0.15) is 5.82 Å². The molecule has 1 aromatic heterocycles. The Morgan fingerprint density at radius 3 is 2.84 bits per heavy atom. The third-order valence-electron chi connectivity index (χ3n) is 4.29. The molecule has 0 bridgehead atoms. The van der Waals surface area contributed by atoms with Crippen LogP contribution in [0.3, 0.4) is 0 Å². The van der Waals surface area contributed by atoms with E-state index in [4.69, 9.17) is 5.73 Å². The highest BCUT2D eigenvalue weighted by molar-refractivity contribution is 5.79. The zero-order valence-electron chi connectivity index (χ0n) is 11.3. The third-order valence-corrected chi connectivity index (χ3v) is 4.29. The fourth-order valence-electron chi connectivity index (χ4n) is 3.11. The average molecular weight is 261 g/mol. The lowest BCUT2D eigenvalue weighted by Crippen LogP contribution is -2.07. The lowest BCUT2D eigenvalue weighted by atomic mass is 10.0. The number of benzene rings is 1. The minimum absolute atomic E-state index is 0.215. The maximum atomic E-state index is 13.5. The number of nitrogen functional groups attached to an aromatic ring is 1. The van der Waals surface area contributed by atoms with Gasteiger partial charge in [0.25, 0.3) is 0 Å². The second-order valence-corrected chi connectivity index (χ2v) is 5.65. The number of hydrogen-bond donors (Lipinski definition) is 1. The summed E-state index contributed by atoms with van der Waals surface area (Å²) in [6.45, 7) is 2.66. The molecule has 0 unspecified atom stereocenters. The number of nitrogens with zero attached hydrogens (tertiary/aromatic N) is 2. The number of halogens is 1. The van der Waals surface area contributed by atoms with Gasteiger partial charge in [-0.05, 0) is 30.9 Å². The van der Waals surface area contributed by atoms with Crippen molar-refractivity contribution in [3.05, 3.63) is 23.5 Å². The largest absolute Gasteiger partial charge is 0.369 e. The van der Waals surface area contributed by atoms with Crippen LogP contribution in [0.15, 0.2) is 12.1 Å². The van der Waals surface area contributed by atoms with Gasteiger partial charge in [-0.1, -0.05) is 25.7 Å². The number of imidazole rings is 1. The number of nitrogens with two attached hydrogens (primary N) is 1. The Bertz CT molecular complexity index is 597. The summed E-state index contributed by atoms with van der Waals surface area (Å²) in [6.07, 6.45) is 6.52. The Labute approximate surface area is 112 Å². The van der Waals surface area contributed by atoms with Crippen LogP contribution >= 0.6 is 0 Å². The van der Waals surface area contributed by atoms with Crippen molar-refractivity contribution in [3.63, 3.8) is 0 Å². The lowest BCUT2D eigenvalue weighted by Gasteiger charge is -2.11. The molecule has 19 heavy (non-hydrogen) atoms. The van der Waals surface area contributed by atoms with Gasteiger partial charge >= 0.3 is 0 Å². The highest BCUT2D eigenvalue weighted by atomic mass is 19.1. The molecule has 1 fully saturated rings. The van der Waals surface area contributed by atoms with Gasteiger partial charge in [-0.3, -0.25) is 0 Å². The zero-order chi connectivity index (χ0) is 13.4. The summed E-state index contributed by atoms with van der Waals surface area (Å²) in [5.74, 6) is 1.10. The molecule has 4 heteroatoms. The highest BCUT2D eigenvalue weighted by Gasteiger charge is 2.17. The van der Waals surface area contributed by atoms with Crippen molar-refractivity contribution in [2.45, 2.75) is 45.6 Å². The number of hydrogen-bond acceptors (Lipinski definition) is 2. The monoisotopic (exact) mass is 261 g/mol. The molecule has 1 aliphatic rings. The predicted octanol–water partition coefficient (Wildman–Crippen LogP) is 3.65. The fourth-order valence-corrected chi connectivity index (χ4v) is 3.11. The number of aryl methyl sites for hydroxylation is 2. The van der Waals surface area contributed by atoms with E-state index in [0.717, 1.165) is 24.4 Å². The van der Waals surface area contributed by atoms with Crippen molar-refractivity contribution in [1.82, 2.24) is 9.55 Å². The van der Waals surface area contributed by atoms with Crippen LogP contribution in [0.25, 0.3) is 11.0 Å². The topological polar surface area (TPSA) is 43.8 Å². The van der Waals surface area contributed by atoms with Crippen molar-refractivity contribution in [2.24, 2.45) is 5.92 Å². The Kier molecular flexibility index (Phi) is 3.17. The summed E-state index contributed by atoms with van der Waals surface area (Å²) in [7, 11) is 0. The van der Waals surface area contributed by atoms with Gasteiger partial charge in [-0.15, -0.1) is 0 Å². The maximum absolute atomic E-state index is 13.5. The molecule has 0 amide bonds. The Balaban J connectivity index is 1.89. The minimum atomic E-state index is -0.215. The van der Waals surface area contributed by atoms with Crippen LogP contribution in [0.4, 0.5) is 10.3 Å². The lowest BCUT2D eigenvalue weighted by molar-refractivity contribution is 0.464. The second-order valence-electron chi connectivity index (χ2n) is 5.65. The van der Waals surface area contributed by atoms with Gasteiger partial charge in [0.15, 0.2) is 0 Å². The standard InChI is InChI=1S/C15H20FN3/c1-10-8-14-13(9-12(10)16)18-15(17)19(14)7-6-11-4-2-3-5-11/h8-9,11H,2-7H2,1H3,(H2,17,18). The molecule has 102 valence electrons. The van der Waals surface area contributed by atoms with Crippen LogP contribution in [0, 0.1) is 18.7 Å². The van der Waals surface area contributed by atoms with Crippen LogP contribution in [-0.4, -0.2) is 9.55 Å². The number of anilines is 1. The first-order valence-corrected chi connectivity index (χ1v) is 7.07. The van der Waals surface area contributed by atoms with E-state index in [1.807, 2.05) is 10.6 Å². The number of aromatic nitrogens is 2. The van der Waals surface area contributed by atoms with Crippen molar-refractivity contribution >= 4 is 17.0 Å². The molecule has 0 saturated heterocycles. The van der Waals surface area contributed by atoms with Crippen molar-refractivity contribution in [2.75, 3.05) is 5.73 Å². The quantitative estimate of drug-likeness (QED) is 0.916. The molecule has 1 aromatic carbocycles. The van der Waals surface area contributed by atoms with E-state index < -0.39 is 0 Å². The first kappa shape index (κ1) is 12.5. The summed E-state index contributed by atoms with van der Waals surface area (Å²) in [5.41, 5.74) is 8.23. The molecule has 1 saturated carbocycles. The van der Waals surface area contributed by atoms with Gasteiger partial charge in [0.2, 0.25) is 5.95 Å². The predicted molar refractivity (Wildman–Crippen MR) is 75.4 cm³/mol. The van der Waals surface area contributed by atoms with Crippen molar-refractivity contribution in [1.29, 1.82) is 0 Å². The van der Waals surface area contributed by atoms with Gasteiger partial charge in [0.05, 0.1) is 11.0 Å². The molecule has 3 rings (SSSR count). The van der Waals surface area contributed by atoms with Gasteiger partial charge < -0.3 is 10.3 Å². The molecule has 1 heterocycles. The smallest absolute Gasteiger partial charge is 0.201 e. The van der Waals surface area contributed by atoms with Crippen LogP contribution in [0.1, 0.15) is 37.7 Å². The first-order chi connectivity index (χ1) is 9.15. The normalized spacial score (nSPS) is 16.5. The summed E-state index contributed by atoms with van der Waals surface area (Å²) in [6, 6.07) is 3.33. The number of fused-ring (bicyclic) bond motifs is 1. The van der Waals surface area contributed by atoms with E-state index in [0.29, 0.717) is 17.0 Å². The SMILES string of the molecule is Cc1cc2c(cc1F)nc(N)n2CCC1CCCC1. The molecule has 0 radical (unpaired) electrons. The van der Waals surface area contributed by atoms with E-state index in [1.54, 1.807) is 6.92 Å². The second kappa shape index (κ2) is 4.83. The molecule has 3 nitrogen and oxygen atoms in total. The van der Waals surface area contributed by atoms with Crippen LogP contribution < -0.4 is 5.73 Å². The molecule has 1 aliphatic carbocycles. The summed E-state index contributed by atoms with van der Waals surface area (Å²) in [5, 5.41) is 0. The Hall–Kier alpha value is -1.58. The fraction of sp³-hybridized carbons (Fsp3) is 0.533. The van der Waals surface area contributed by atoms with E-state index in [-0.39, 0.29) is 5.82 Å². The number of rotatable bonds is 3.